The molecule has 0 aliphatic carbocycles. The second-order valence-electron chi connectivity index (χ2n) is 7.33. The summed E-state index contributed by atoms with van der Waals surface area (Å²) < 4.78 is 0. The minimum Gasteiger partial charge on any atom is -0.337 e. The highest BCUT2D eigenvalue weighted by atomic mass is 35.5. The van der Waals surface area contributed by atoms with Gasteiger partial charge in [0, 0.05) is 19.0 Å². The van der Waals surface area contributed by atoms with Crippen LogP contribution in [-0.2, 0) is 11.3 Å². The molecule has 1 N–H and O–H groups in total. The maximum absolute atomic E-state index is 13.5. The van der Waals surface area contributed by atoms with Crippen molar-refractivity contribution in [2.45, 2.75) is 25.3 Å². The molecule has 2 aromatic carbocycles. The highest BCUT2D eigenvalue weighted by molar-refractivity contribution is 5.87. The number of benzene rings is 2. The molecule has 0 radical (unpaired) electrons. The number of carbonyl (C=O) groups excluding carboxylic acids is 1. The third-order valence-electron chi connectivity index (χ3n) is 5.95. The third-order valence-corrected chi connectivity index (χ3v) is 5.95. The SMILES string of the molecule is Cl.N#Cc1ccccc1C1CN(Cc2ccccc2)C(=O)C12CCNCC2. The van der Waals surface area contributed by atoms with Gasteiger partial charge in [-0.25, -0.2) is 0 Å². The van der Waals surface area contributed by atoms with Gasteiger partial charge in [0.15, 0.2) is 0 Å². The summed E-state index contributed by atoms with van der Waals surface area (Å²) in [5, 5.41) is 13.0. The van der Waals surface area contributed by atoms with Gasteiger partial charge in [-0.3, -0.25) is 4.79 Å². The van der Waals surface area contributed by atoms with Gasteiger partial charge in [0.1, 0.15) is 0 Å². The first-order valence-electron chi connectivity index (χ1n) is 9.28. The van der Waals surface area contributed by atoms with E-state index in [9.17, 15) is 10.1 Å². The molecule has 2 fully saturated rings. The number of piperidine rings is 1. The molecule has 2 heterocycles. The Bertz CT molecular complexity index is 840. The van der Waals surface area contributed by atoms with Crippen molar-refractivity contribution >= 4 is 18.3 Å². The smallest absolute Gasteiger partial charge is 0.229 e. The van der Waals surface area contributed by atoms with Crippen LogP contribution in [0.4, 0.5) is 0 Å². The molecule has 2 aromatic rings. The average molecular weight is 382 g/mol. The molecule has 1 amide bonds. The predicted octanol–water partition coefficient (Wildman–Crippen LogP) is 3.48. The lowest BCUT2D eigenvalue weighted by molar-refractivity contribution is -0.138. The van der Waals surface area contributed by atoms with Gasteiger partial charge in [0.05, 0.1) is 17.0 Å². The minimum absolute atomic E-state index is 0. The second kappa shape index (κ2) is 8.12. The van der Waals surface area contributed by atoms with Crippen molar-refractivity contribution in [1.29, 1.82) is 5.26 Å². The second-order valence-corrected chi connectivity index (χ2v) is 7.33. The Morgan fingerprint density at radius 3 is 2.44 bits per heavy atom. The van der Waals surface area contributed by atoms with Crippen molar-refractivity contribution in [2.75, 3.05) is 19.6 Å². The minimum atomic E-state index is -0.382. The van der Waals surface area contributed by atoms with Crippen molar-refractivity contribution in [3.63, 3.8) is 0 Å². The molecule has 1 spiro atoms. The number of likely N-dealkylation sites (tertiary alicyclic amines) is 1. The van der Waals surface area contributed by atoms with Gasteiger partial charge in [-0.1, -0.05) is 48.5 Å². The highest BCUT2D eigenvalue weighted by Gasteiger charge is 2.54. The number of hydrogen-bond acceptors (Lipinski definition) is 3. The van der Waals surface area contributed by atoms with Crippen LogP contribution in [0.2, 0.25) is 0 Å². The van der Waals surface area contributed by atoms with Crippen LogP contribution in [0.25, 0.3) is 0 Å². The maximum atomic E-state index is 13.5. The Kier molecular flexibility index (Phi) is 5.84. The molecule has 1 atom stereocenters. The summed E-state index contributed by atoms with van der Waals surface area (Å²) in [5.74, 6) is 0.331. The zero-order chi connectivity index (χ0) is 18.0. The molecule has 4 rings (SSSR count). The molecule has 0 aromatic heterocycles. The number of hydrogen-bond donors (Lipinski definition) is 1. The molecular formula is C22H24ClN3O. The van der Waals surface area contributed by atoms with E-state index in [1.54, 1.807) is 0 Å². The van der Waals surface area contributed by atoms with Crippen molar-refractivity contribution in [3.8, 4) is 6.07 Å². The zero-order valence-corrected chi connectivity index (χ0v) is 16.0. The van der Waals surface area contributed by atoms with E-state index in [0.717, 1.165) is 37.1 Å². The van der Waals surface area contributed by atoms with Crippen molar-refractivity contribution in [1.82, 2.24) is 10.2 Å². The predicted molar refractivity (Wildman–Crippen MR) is 108 cm³/mol. The van der Waals surface area contributed by atoms with E-state index in [4.69, 9.17) is 0 Å². The Morgan fingerprint density at radius 1 is 1.07 bits per heavy atom. The number of carbonyl (C=O) groups is 1. The Labute approximate surface area is 166 Å². The Hall–Kier alpha value is -2.35. The van der Waals surface area contributed by atoms with Gasteiger partial charge in [-0.05, 0) is 43.1 Å². The fraction of sp³-hybridized carbons (Fsp3) is 0.364. The van der Waals surface area contributed by atoms with Crippen molar-refractivity contribution in [2.24, 2.45) is 5.41 Å². The maximum Gasteiger partial charge on any atom is 0.229 e. The van der Waals surface area contributed by atoms with Crippen LogP contribution in [0.5, 0.6) is 0 Å². The zero-order valence-electron chi connectivity index (χ0n) is 15.2. The highest BCUT2D eigenvalue weighted by Crippen LogP contribution is 2.50. The fourth-order valence-corrected chi connectivity index (χ4v) is 4.62. The normalized spacial score (nSPS) is 20.9. The Balaban J connectivity index is 0.00000210. The summed E-state index contributed by atoms with van der Waals surface area (Å²) in [7, 11) is 0. The lowest BCUT2D eigenvalue weighted by Crippen LogP contribution is -2.44. The number of nitrogens with one attached hydrogen (secondary N) is 1. The van der Waals surface area contributed by atoms with Crippen LogP contribution < -0.4 is 5.32 Å². The average Bonchev–Trinajstić information content (AvgIpc) is 2.95. The molecule has 27 heavy (non-hydrogen) atoms. The van der Waals surface area contributed by atoms with Crippen molar-refractivity contribution in [3.05, 3.63) is 71.3 Å². The quantitative estimate of drug-likeness (QED) is 0.885. The topological polar surface area (TPSA) is 56.1 Å². The summed E-state index contributed by atoms with van der Waals surface area (Å²) >= 11 is 0. The van der Waals surface area contributed by atoms with Crippen LogP contribution in [0, 0.1) is 16.7 Å². The van der Waals surface area contributed by atoms with Gasteiger partial charge in [0.25, 0.3) is 0 Å². The summed E-state index contributed by atoms with van der Waals surface area (Å²) in [6, 6.07) is 20.3. The van der Waals surface area contributed by atoms with Crippen LogP contribution >= 0.6 is 12.4 Å². The van der Waals surface area contributed by atoms with E-state index in [2.05, 4.69) is 23.5 Å². The van der Waals surface area contributed by atoms with E-state index in [1.807, 2.05) is 47.4 Å². The molecule has 4 nitrogen and oxygen atoms in total. The number of nitriles is 1. The number of amides is 1. The van der Waals surface area contributed by atoms with Gasteiger partial charge < -0.3 is 10.2 Å². The molecule has 5 heteroatoms. The molecule has 0 saturated carbocycles. The number of nitrogens with zero attached hydrogens (tertiary/aromatic N) is 2. The molecular weight excluding hydrogens is 358 g/mol. The lowest BCUT2D eigenvalue weighted by atomic mass is 9.67. The third kappa shape index (κ3) is 3.45. The first kappa shape index (κ1) is 19.4. The van der Waals surface area contributed by atoms with E-state index in [-0.39, 0.29) is 29.6 Å². The van der Waals surface area contributed by atoms with Gasteiger partial charge in [0.2, 0.25) is 5.91 Å². The number of halogens is 1. The van der Waals surface area contributed by atoms with Crippen LogP contribution in [0.3, 0.4) is 0 Å². The Morgan fingerprint density at radius 2 is 1.74 bits per heavy atom. The first-order valence-corrected chi connectivity index (χ1v) is 9.28. The van der Waals surface area contributed by atoms with E-state index >= 15 is 0 Å². The van der Waals surface area contributed by atoms with Crippen molar-refractivity contribution < 1.29 is 4.79 Å². The standard InChI is InChI=1S/C22H23N3O.ClH/c23-14-18-8-4-5-9-19(18)20-16-25(15-17-6-2-1-3-7-17)21(26)22(20)10-12-24-13-11-22;/h1-9,20,24H,10-13,15-16H2;1H. The van der Waals surface area contributed by atoms with Gasteiger partial charge in [-0.2, -0.15) is 5.26 Å². The summed E-state index contributed by atoms with van der Waals surface area (Å²) in [5.41, 5.74) is 2.50. The summed E-state index contributed by atoms with van der Waals surface area (Å²) in [6.45, 7) is 3.04. The monoisotopic (exact) mass is 381 g/mol. The summed E-state index contributed by atoms with van der Waals surface area (Å²) in [4.78, 5) is 15.5. The molecule has 140 valence electrons. The first-order chi connectivity index (χ1) is 12.7. The number of rotatable bonds is 3. The van der Waals surface area contributed by atoms with Gasteiger partial charge in [-0.15, -0.1) is 12.4 Å². The van der Waals surface area contributed by atoms with E-state index in [0.29, 0.717) is 18.7 Å². The van der Waals surface area contributed by atoms with Crippen LogP contribution in [0.1, 0.15) is 35.4 Å². The molecule has 0 bridgehead atoms. The largest absolute Gasteiger partial charge is 0.337 e. The summed E-state index contributed by atoms with van der Waals surface area (Å²) in [6.07, 6.45) is 1.67. The lowest BCUT2D eigenvalue weighted by Gasteiger charge is -2.37. The van der Waals surface area contributed by atoms with E-state index < -0.39 is 0 Å². The fourth-order valence-electron chi connectivity index (χ4n) is 4.62. The van der Waals surface area contributed by atoms with Gasteiger partial charge >= 0.3 is 0 Å². The molecule has 2 aliphatic heterocycles. The molecule has 2 saturated heterocycles. The molecule has 2 aliphatic rings. The van der Waals surface area contributed by atoms with Crippen LogP contribution in [-0.4, -0.2) is 30.4 Å². The molecule has 1 unspecified atom stereocenters. The van der Waals surface area contributed by atoms with Crippen LogP contribution in [0.15, 0.2) is 54.6 Å². The van der Waals surface area contributed by atoms with E-state index in [1.165, 1.54) is 0 Å².